The summed E-state index contributed by atoms with van der Waals surface area (Å²) in [7, 11) is 4.24. The van der Waals surface area contributed by atoms with Gasteiger partial charge in [0.1, 0.15) is 6.17 Å². The first-order valence-electron chi connectivity index (χ1n) is 8.24. The van der Waals surface area contributed by atoms with Gasteiger partial charge in [-0.3, -0.25) is 4.79 Å². The Hall–Kier alpha value is -2.35. The molecule has 29 heavy (non-hydrogen) atoms. The lowest BCUT2D eigenvalue weighted by Crippen LogP contribution is -2.49. The van der Waals surface area contributed by atoms with Gasteiger partial charge in [0.2, 0.25) is 3.79 Å². The van der Waals surface area contributed by atoms with Gasteiger partial charge in [0.15, 0.2) is 11.5 Å². The first kappa shape index (κ1) is 22.9. The third-order valence-electron chi connectivity index (χ3n) is 3.87. The molecule has 0 unspecified atom stereocenters. The van der Waals surface area contributed by atoms with E-state index in [1.165, 1.54) is 27.4 Å². The van der Waals surface area contributed by atoms with Gasteiger partial charge in [-0.1, -0.05) is 34.8 Å². The summed E-state index contributed by atoms with van der Waals surface area (Å²) in [5, 5.41) is 5.54. The number of nitrogens with one attached hydrogen (secondary N) is 2. The molecule has 156 valence electrons. The fourth-order valence-electron chi connectivity index (χ4n) is 2.38. The molecule has 10 heteroatoms. The van der Waals surface area contributed by atoms with Crippen LogP contribution in [0.3, 0.4) is 0 Å². The van der Waals surface area contributed by atoms with E-state index in [4.69, 9.17) is 44.3 Å². The molecule has 2 aromatic rings. The van der Waals surface area contributed by atoms with Gasteiger partial charge in [0, 0.05) is 11.3 Å². The maximum Gasteiger partial charge on any atom is 0.337 e. The third kappa shape index (κ3) is 6.06. The molecule has 0 saturated carbocycles. The van der Waals surface area contributed by atoms with Crippen LogP contribution in [0.2, 0.25) is 0 Å². The highest BCUT2D eigenvalue weighted by molar-refractivity contribution is 6.68. The smallest absolute Gasteiger partial charge is 0.337 e. The highest BCUT2D eigenvalue weighted by Gasteiger charge is 2.34. The van der Waals surface area contributed by atoms with Crippen molar-refractivity contribution < 1.29 is 23.8 Å². The second kappa shape index (κ2) is 9.91. The second-order valence-corrected chi connectivity index (χ2v) is 8.10. The Labute approximate surface area is 183 Å². The Morgan fingerprint density at radius 3 is 2.00 bits per heavy atom. The summed E-state index contributed by atoms with van der Waals surface area (Å²) < 4.78 is 13.1. The Kier molecular flexibility index (Phi) is 7.84. The molecular weight excluding hydrogens is 443 g/mol. The van der Waals surface area contributed by atoms with Crippen LogP contribution in [-0.2, 0) is 4.74 Å². The lowest BCUT2D eigenvalue weighted by Gasteiger charge is -2.27. The summed E-state index contributed by atoms with van der Waals surface area (Å²) in [4.78, 5) is 24.2. The fraction of sp³-hybridized carbons (Fsp3) is 0.263. The molecule has 0 aromatic heterocycles. The summed E-state index contributed by atoms with van der Waals surface area (Å²) in [5.41, 5.74) is 1.16. The number of ether oxygens (including phenoxy) is 3. The van der Waals surface area contributed by atoms with E-state index in [2.05, 4.69) is 15.4 Å². The van der Waals surface area contributed by atoms with Gasteiger partial charge in [0.25, 0.3) is 5.91 Å². The van der Waals surface area contributed by atoms with Crippen LogP contribution in [0.1, 0.15) is 20.7 Å². The molecule has 0 aliphatic rings. The molecule has 0 aliphatic carbocycles. The zero-order valence-electron chi connectivity index (χ0n) is 15.8. The average Bonchev–Trinajstić information content (AvgIpc) is 2.71. The second-order valence-electron chi connectivity index (χ2n) is 5.73. The number of carbonyl (C=O) groups excluding carboxylic acids is 2. The van der Waals surface area contributed by atoms with Gasteiger partial charge in [-0.25, -0.2) is 4.79 Å². The van der Waals surface area contributed by atoms with E-state index in [9.17, 15) is 9.59 Å². The standard InChI is InChI=1S/C19H19Cl3N2O5/c1-27-14-9-6-12(10-15(14)28-2)16(25)24-18(19(20,21)22)23-13-7-4-11(5-8-13)17(26)29-3/h4-10,18,23H,1-3H3,(H,24,25)/t18-/m0/s1. The van der Waals surface area contributed by atoms with E-state index in [0.29, 0.717) is 22.7 Å². The van der Waals surface area contributed by atoms with Gasteiger partial charge in [0.05, 0.1) is 26.9 Å². The van der Waals surface area contributed by atoms with Crippen molar-refractivity contribution in [2.45, 2.75) is 9.96 Å². The Balaban J connectivity index is 2.19. The summed E-state index contributed by atoms with van der Waals surface area (Å²) >= 11 is 18.1. The van der Waals surface area contributed by atoms with Crippen molar-refractivity contribution in [1.29, 1.82) is 0 Å². The number of benzene rings is 2. The number of methoxy groups -OCH3 is 3. The van der Waals surface area contributed by atoms with Gasteiger partial charge in [-0.2, -0.15) is 0 Å². The average molecular weight is 462 g/mol. The third-order valence-corrected chi connectivity index (χ3v) is 4.52. The maximum absolute atomic E-state index is 12.7. The van der Waals surface area contributed by atoms with Crippen molar-refractivity contribution in [1.82, 2.24) is 5.32 Å². The van der Waals surface area contributed by atoms with Gasteiger partial charge >= 0.3 is 5.97 Å². The van der Waals surface area contributed by atoms with Crippen LogP contribution in [-0.4, -0.2) is 43.2 Å². The van der Waals surface area contributed by atoms with Crippen molar-refractivity contribution in [3.05, 3.63) is 53.6 Å². The fourth-order valence-corrected chi connectivity index (χ4v) is 2.71. The molecular formula is C19H19Cl3N2O5. The summed E-state index contributed by atoms with van der Waals surface area (Å²) in [6.07, 6.45) is -1.07. The minimum absolute atomic E-state index is 0.282. The summed E-state index contributed by atoms with van der Waals surface area (Å²) in [5.74, 6) is -0.111. The quantitative estimate of drug-likeness (QED) is 0.368. The molecule has 0 heterocycles. The molecule has 0 spiro atoms. The van der Waals surface area contributed by atoms with Crippen LogP contribution < -0.4 is 20.1 Å². The number of anilines is 1. The molecule has 0 aliphatic heterocycles. The molecule has 2 rings (SSSR count). The van der Waals surface area contributed by atoms with Crippen LogP contribution in [0.4, 0.5) is 5.69 Å². The van der Waals surface area contributed by atoms with Crippen molar-refractivity contribution in [2.75, 3.05) is 26.6 Å². The highest BCUT2D eigenvalue weighted by Crippen LogP contribution is 2.32. The van der Waals surface area contributed by atoms with E-state index in [1.54, 1.807) is 36.4 Å². The predicted octanol–water partition coefficient (Wildman–Crippen LogP) is 4.03. The number of rotatable bonds is 7. The summed E-state index contributed by atoms with van der Waals surface area (Å²) in [6.45, 7) is 0. The van der Waals surface area contributed by atoms with Crippen LogP contribution in [0.5, 0.6) is 11.5 Å². The first-order chi connectivity index (χ1) is 13.7. The molecule has 0 radical (unpaired) electrons. The van der Waals surface area contributed by atoms with Crippen LogP contribution in [0, 0.1) is 0 Å². The topological polar surface area (TPSA) is 85.9 Å². The SMILES string of the molecule is COC(=O)c1ccc(N[C@@H](NC(=O)c2ccc(OC)c(OC)c2)C(Cl)(Cl)Cl)cc1. The maximum atomic E-state index is 12.7. The summed E-state index contributed by atoms with van der Waals surface area (Å²) in [6, 6.07) is 10.9. The lowest BCUT2D eigenvalue weighted by atomic mass is 10.2. The van der Waals surface area contributed by atoms with Gasteiger partial charge in [-0.05, 0) is 42.5 Å². The van der Waals surface area contributed by atoms with Crippen molar-refractivity contribution in [3.63, 3.8) is 0 Å². The molecule has 2 aromatic carbocycles. The Morgan fingerprint density at radius 1 is 0.897 bits per heavy atom. The number of hydrogen-bond donors (Lipinski definition) is 2. The first-order valence-corrected chi connectivity index (χ1v) is 9.37. The van der Waals surface area contributed by atoms with Crippen molar-refractivity contribution in [2.24, 2.45) is 0 Å². The molecule has 0 saturated heterocycles. The minimum Gasteiger partial charge on any atom is -0.493 e. The molecule has 2 N–H and O–H groups in total. The number of alkyl halides is 3. The van der Waals surface area contributed by atoms with Crippen LogP contribution in [0.15, 0.2) is 42.5 Å². The molecule has 1 atom stereocenters. The van der Waals surface area contributed by atoms with Crippen molar-refractivity contribution in [3.8, 4) is 11.5 Å². The molecule has 7 nitrogen and oxygen atoms in total. The normalized spacial score (nSPS) is 11.9. The van der Waals surface area contributed by atoms with Crippen LogP contribution in [0.25, 0.3) is 0 Å². The van der Waals surface area contributed by atoms with Crippen molar-refractivity contribution >= 4 is 52.4 Å². The number of hydrogen-bond acceptors (Lipinski definition) is 6. The lowest BCUT2D eigenvalue weighted by molar-refractivity contribution is 0.0600. The monoisotopic (exact) mass is 460 g/mol. The minimum atomic E-state index is -1.87. The van der Waals surface area contributed by atoms with Gasteiger partial charge in [-0.15, -0.1) is 0 Å². The van der Waals surface area contributed by atoms with E-state index in [0.717, 1.165) is 0 Å². The highest BCUT2D eigenvalue weighted by atomic mass is 35.6. The van der Waals surface area contributed by atoms with E-state index < -0.39 is 21.8 Å². The van der Waals surface area contributed by atoms with Gasteiger partial charge < -0.3 is 24.8 Å². The van der Waals surface area contributed by atoms with E-state index in [1.807, 2.05) is 0 Å². The molecule has 0 fully saturated rings. The predicted molar refractivity (Wildman–Crippen MR) is 112 cm³/mol. The number of halogens is 3. The number of carbonyl (C=O) groups is 2. The molecule has 0 bridgehead atoms. The number of amides is 1. The molecule has 1 amide bonds. The van der Waals surface area contributed by atoms with E-state index in [-0.39, 0.29) is 5.56 Å². The Bertz CT molecular complexity index is 869. The zero-order chi connectivity index (χ0) is 21.6. The van der Waals surface area contributed by atoms with E-state index >= 15 is 0 Å². The zero-order valence-corrected chi connectivity index (χ0v) is 18.1. The van der Waals surface area contributed by atoms with Crippen LogP contribution >= 0.6 is 34.8 Å². The Morgan fingerprint density at radius 2 is 1.48 bits per heavy atom. The largest absolute Gasteiger partial charge is 0.493 e. The number of esters is 1.